The fourth-order valence-electron chi connectivity index (χ4n) is 16.4. The van der Waals surface area contributed by atoms with Crippen molar-refractivity contribution < 1.29 is 4.42 Å². The van der Waals surface area contributed by atoms with Gasteiger partial charge in [0.25, 0.3) is 6.71 Å². The molecule has 0 spiro atoms. The summed E-state index contributed by atoms with van der Waals surface area (Å²) in [4.78, 5) is 5.66. The van der Waals surface area contributed by atoms with E-state index in [2.05, 4.69) is 219 Å². The van der Waals surface area contributed by atoms with Gasteiger partial charge in [-0.1, -0.05) is 183 Å². The lowest BCUT2D eigenvalue weighted by atomic mass is 9.33. The lowest BCUT2D eigenvalue weighted by Crippen LogP contribution is -2.58. The van der Waals surface area contributed by atoms with E-state index in [0.29, 0.717) is 29.6 Å². The number of hydrogen-bond donors (Lipinski definition) is 0. The number of fused-ring (bicyclic) bond motifs is 8. The van der Waals surface area contributed by atoms with Gasteiger partial charge in [-0.3, -0.25) is 0 Å². The molecule has 2 aliphatic heterocycles. The standard InChI is InChI=1S/C70H93BN2OSi/c1-42-34-58-61-59(35-42)73(56-40-53-51(67(9,10)30-32-69(53,13)14)38-47(56)43-20-24-46(25-21-43)75(17,18)19)57-41-54-52(68(11,12)31-33-70(54,15)16)39-55(57)71(61)63-62(48-36-44(64(2,3)4)22-27-60(48)74-63)72(58)45-23-26-49-50(37-45)66(7,8)29-28-65(49,5)6/h20,22-27,34-35,37-40,43-44,51,53-54H,21,28-33,36,41H2,1-19H3. The number of benzene rings is 2. The van der Waals surface area contributed by atoms with Gasteiger partial charge in [-0.25, -0.2) is 0 Å². The molecule has 2 aromatic carbocycles. The Morgan fingerprint density at radius 1 is 0.680 bits per heavy atom. The summed E-state index contributed by atoms with van der Waals surface area (Å²) in [5.41, 5.74) is 22.2. The third-order valence-corrected chi connectivity index (χ3v) is 24.1. The average molecular weight is 1020 g/mol. The third kappa shape index (κ3) is 7.95. The molecule has 396 valence electrons. The molecule has 3 nitrogen and oxygen atoms in total. The molecule has 5 heteroatoms. The topological polar surface area (TPSA) is 19.6 Å². The number of nitrogens with zero attached hydrogens (tertiary/aromatic N) is 2. The molecule has 0 amide bonds. The van der Waals surface area contributed by atoms with Crippen LogP contribution in [-0.2, 0) is 17.3 Å². The van der Waals surface area contributed by atoms with Crippen LogP contribution >= 0.6 is 0 Å². The summed E-state index contributed by atoms with van der Waals surface area (Å²) in [5.74, 6) is 3.11. The van der Waals surface area contributed by atoms with Gasteiger partial charge in [0, 0.05) is 39.9 Å². The van der Waals surface area contributed by atoms with E-state index in [1.807, 2.05) is 0 Å². The number of anilines is 4. The van der Waals surface area contributed by atoms with Gasteiger partial charge in [0.1, 0.15) is 5.76 Å². The van der Waals surface area contributed by atoms with Crippen LogP contribution in [0.25, 0.3) is 6.08 Å². The largest absolute Gasteiger partial charge is 0.468 e. The van der Waals surface area contributed by atoms with Crippen LogP contribution in [0.4, 0.5) is 22.7 Å². The summed E-state index contributed by atoms with van der Waals surface area (Å²) in [7, 11) is -1.49. The first-order valence-electron chi connectivity index (χ1n) is 29.8. The highest BCUT2D eigenvalue weighted by molar-refractivity contribution is 6.95. The van der Waals surface area contributed by atoms with Gasteiger partial charge in [-0.05, 0) is 190 Å². The Hall–Kier alpha value is -4.22. The second-order valence-corrected chi connectivity index (χ2v) is 37.0. The van der Waals surface area contributed by atoms with Crippen LogP contribution in [-0.4, -0.2) is 14.8 Å². The van der Waals surface area contributed by atoms with Crippen molar-refractivity contribution in [2.75, 3.05) is 9.80 Å². The van der Waals surface area contributed by atoms with Crippen molar-refractivity contribution in [2.45, 2.75) is 199 Å². The zero-order valence-electron chi connectivity index (χ0n) is 50.1. The van der Waals surface area contributed by atoms with Crippen molar-refractivity contribution >= 4 is 54.7 Å². The van der Waals surface area contributed by atoms with E-state index >= 15 is 0 Å². The van der Waals surface area contributed by atoms with Gasteiger partial charge in [-0.15, -0.1) is 0 Å². The molecule has 0 N–H and O–H groups in total. The van der Waals surface area contributed by atoms with Crippen molar-refractivity contribution in [1.29, 1.82) is 0 Å². The minimum atomic E-state index is -1.49. The van der Waals surface area contributed by atoms with Crippen molar-refractivity contribution in [3.05, 3.63) is 134 Å². The van der Waals surface area contributed by atoms with Crippen molar-refractivity contribution in [3.63, 3.8) is 0 Å². The molecule has 0 radical (unpaired) electrons. The normalized spacial score (nSPS) is 29.1. The molecule has 7 aliphatic carbocycles. The fraction of sp³-hybridized carbons (Fsp3) is 0.571. The summed E-state index contributed by atoms with van der Waals surface area (Å²) >= 11 is 0. The average Bonchev–Trinajstić information content (AvgIpc) is 3.76. The molecule has 12 rings (SSSR count). The molecular weight excluding hydrogens is 924 g/mol. The van der Waals surface area contributed by atoms with E-state index in [-0.39, 0.29) is 44.6 Å². The monoisotopic (exact) mass is 1020 g/mol. The summed E-state index contributed by atoms with van der Waals surface area (Å²) in [6, 6.07) is 12.8. The van der Waals surface area contributed by atoms with Crippen molar-refractivity contribution in [1.82, 2.24) is 0 Å². The second-order valence-electron chi connectivity index (χ2n) is 32.0. The van der Waals surface area contributed by atoms with E-state index in [1.54, 1.807) is 16.3 Å². The molecule has 1 aromatic heterocycles. The first-order chi connectivity index (χ1) is 34.8. The lowest BCUT2D eigenvalue weighted by molar-refractivity contribution is 0.0316. The van der Waals surface area contributed by atoms with Gasteiger partial charge >= 0.3 is 0 Å². The van der Waals surface area contributed by atoms with Gasteiger partial charge in [0.15, 0.2) is 0 Å². The van der Waals surface area contributed by atoms with E-state index in [1.165, 1.54) is 106 Å². The minimum absolute atomic E-state index is 0.0336. The molecule has 2 saturated carbocycles. The predicted molar refractivity (Wildman–Crippen MR) is 325 cm³/mol. The van der Waals surface area contributed by atoms with Crippen LogP contribution in [0.5, 0.6) is 0 Å². The smallest absolute Gasteiger partial charge is 0.296 e. The molecule has 5 atom stereocenters. The highest BCUT2D eigenvalue weighted by atomic mass is 28.3. The molecule has 75 heavy (non-hydrogen) atoms. The summed E-state index contributed by atoms with van der Waals surface area (Å²) < 4.78 is 7.69. The Kier molecular flexibility index (Phi) is 11.3. The fourth-order valence-corrected chi connectivity index (χ4v) is 17.7. The number of allylic oxidation sites excluding steroid dienone is 12. The van der Waals surface area contributed by atoms with E-state index in [9.17, 15) is 0 Å². The quantitative estimate of drug-likeness (QED) is 0.243. The number of furan rings is 1. The Balaban J connectivity index is 1.17. The van der Waals surface area contributed by atoms with Crippen molar-refractivity contribution in [3.8, 4) is 0 Å². The van der Waals surface area contributed by atoms with Crippen LogP contribution in [0.2, 0.25) is 19.6 Å². The highest BCUT2D eigenvalue weighted by Gasteiger charge is 2.56. The first kappa shape index (κ1) is 51.5. The van der Waals surface area contributed by atoms with E-state index < -0.39 is 8.07 Å². The second kappa shape index (κ2) is 16.4. The Morgan fingerprint density at radius 3 is 1.95 bits per heavy atom. The zero-order chi connectivity index (χ0) is 53.7. The predicted octanol–water partition coefficient (Wildman–Crippen LogP) is 18.2. The van der Waals surface area contributed by atoms with Crippen LogP contribution in [0.1, 0.15) is 183 Å². The molecule has 9 aliphatic rings. The van der Waals surface area contributed by atoms with Gasteiger partial charge in [0.05, 0.1) is 19.4 Å². The Morgan fingerprint density at radius 2 is 1.31 bits per heavy atom. The summed E-state index contributed by atoms with van der Waals surface area (Å²) in [5, 5.41) is 1.60. The van der Waals surface area contributed by atoms with Gasteiger partial charge in [0.2, 0.25) is 0 Å². The molecule has 2 fully saturated rings. The summed E-state index contributed by atoms with van der Waals surface area (Å²) in [6.45, 7) is 47.7. The number of aryl methyl sites for hydroxylation is 1. The maximum atomic E-state index is 7.69. The molecule has 0 bridgehead atoms. The Labute approximate surface area is 456 Å². The Bertz CT molecular complexity index is 3170. The van der Waals surface area contributed by atoms with E-state index in [4.69, 9.17) is 4.42 Å². The number of hydrogen-bond acceptors (Lipinski definition) is 3. The third-order valence-electron chi connectivity index (χ3n) is 22.0. The SMILES string of the molecule is Cc1cc2c3c(c1)N(c1ccc4c(c1)C(C)(C)CCC4(C)C)c1c(oc4c1CC(C(C)(C)C)C=C4)B3C1=C(CC3C(=C1)C(C)(C)CCC3(C)C)N2C1=CC2C(C=C1C1C=CC([Si](C)(C)C)=CC1)C(C)(C)CCC2(C)C. The molecule has 3 heterocycles. The van der Waals surface area contributed by atoms with Crippen LogP contribution < -0.4 is 20.9 Å². The highest BCUT2D eigenvalue weighted by Crippen LogP contribution is 2.62. The van der Waals surface area contributed by atoms with Crippen LogP contribution in [0.3, 0.4) is 0 Å². The van der Waals surface area contributed by atoms with Crippen molar-refractivity contribution in [2.24, 2.45) is 56.7 Å². The minimum Gasteiger partial charge on any atom is -0.468 e. The molecule has 5 unspecified atom stereocenters. The van der Waals surface area contributed by atoms with Crippen LogP contribution in [0, 0.1) is 63.6 Å². The maximum Gasteiger partial charge on any atom is 0.296 e. The van der Waals surface area contributed by atoms with Gasteiger partial charge in [-0.2, -0.15) is 0 Å². The maximum absolute atomic E-state index is 7.69. The molecular formula is C70H93BN2OSi. The molecule has 0 saturated heterocycles. The first-order valence-corrected chi connectivity index (χ1v) is 33.3. The lowest BCUT2D eigenvalue weighted by Gasteiger charge is -2.56. The van der Waals surface area contributed by atoms with E-state index in [0.717, 1.165) is 30.7 Å². The van der Waals surface area contributed by atoms with Crippen LogP contribution in [0.15, 0.2) is 110 Å². The number of rotatable bonds is 4. The summed E-state index contributed by atoms with van der Waals surface area (Å²) in [6.07, 6.45) is 31.6. The zero-order valence-corrected chi connectivity index (χ0v) is 51.1. The van der Waals surface area contributed by atoms with Gasteiger partial charge < -0.3 is 14.2 Å². The molecule has 3 aromatic rings.